The van der Waals surface area contributed by atoms with Gasteiger partial charge in [-0.3, -0.25) is 0 Å². The van der Waals surface area contributed by atoms with Gasteiger partial charge in [-0.05, 0) is 25.7 Å². The molecule has 1 fully saturated rings. The van der Waals surface area contributed by atoms with Crippen molar-refractivity contribution in [2.45, 2.75) is 31.9 Å². The smallest absolute Gasteiger partial charge is 0.404 e. The van der Waals surface area contributed by atoms with Crippen LogP contribution in [0.2, 0.25) is 0 Å². The van der Waals surface area contributed by atoms with E-state index in [1.54, 1.807) is 6.92 Å². The molecule has 0 heterocycles. The first-order valence-corrected chi connectivity index (χ1v) is 3.79. The minimum Gasteiger partial charge on any atom is -0.465 e. The second-order valence-electron chi connectivity index (χ2n) is 3.07. The first kappa shape index (κ1) is 8.33. The van der Waals surface area contributed by atoms with Crippen LogP contribution in [-0.2, 0) is 0 Å². The molecule has 1 saturated carbocycles. The normalized spacial score (nSPS) is 22.4. The van der Waals surface area contributed by atoms with E-state index < -0.39 is 12.2 Å². The summed E-state index contributed by atoms with van der Waals surface area (Å²) in [7, 11) is 0. The third-order valence-corrected chi connectivity index (χ3v) is 1.97. The molecule has 64 valence electrons. The number of amides is 1. The molecular formula is C7H13NO3. The van der Waals surface area contributed by atoms with E-state index in [9.17, 15) is 9.90 Å². The van der Waals surface area contributed by atoms with E-state index >= 15 is 0 Å². The predicted molar refractivity (Wildman–Crippen MR) is 39.4 cm³/mol. The van der Waals surface area contributed by atoms with Crippen molar-refractivity contribution < 1.29 is 15.0 Å². The van der Waals surface area contributed by atoms with Crippen LogP contribution >= 0.6 is 0 Å². The summed E-state index contributed by atoms with van der Waals surface area (Å²) < 4.78 is 0. The molecule has 2 atom stereocenters. The molecule has 3 N–H and O–H groups in total. The Morgan fingerprint density at radius 1 is 1.64 bits per heavy atom. The van der Waals surface area contributed by atoms with Crippen molar-refractivity contribution in [3.63, 3.8) is 0 Å². The Balaban J connectivity index is 2.26. The van der Waals surface area contributed by atoms with Crippen LogP contribution in [0.25, 0.3) is 0 Å². The van der Waals surface area contributed by atoms with E-state index in [0.717, 1.165) is 12.8 Å². The van der Waals surface area contributed by atoms with Gasteiger partial charge in [0.2, 0.25) is 0 Å². The van der Waals surface area contributed by atoms with Crippen molar-refractivity contribution in [3.8, 4) is 0 Å². The summed E-state index contributed by atoms with van der Waals surface area (Å²) in [4.78, 5) is 10.1. The zero-order valence-corrected chi connectivity index (χ0v) is 6.45. The zero-order valence-electron chi connectivity index (χ0n) is 6.45. The Kier molecular flexibility index (Phi) is 2.34. The fourth-order valence-electron chi connectivity index (χ4n) is 1.13. The summed E-state index contributed by atoms with van der Waals surface area (Å²) >= 11 is 0. The van der Waals surface area contributed by atoms with Gasteiger partial charge in [-0.15, -0.1) is 0 Å². The molecule has 0 aromatic rings. The number of nitrogens with one attached hydrogen (secondary N) is 1. The van der Waals surface area contributed by atoms with Crippen LogP contribution in [0.5, 0.6) is 0 Å². The third kappa shape index (κ3) is 2.38. The first-order chi connectivity index (χ1) is 5.11. The molecule has 0 saturated heterocycles. The lowest BCUT2D eigenvalue weighted by molar-refractivity contribution is 0.108. The Morgan fingerprint density at radius 2 is 2.18 bits per heavy atom. The molecule has 4 heteroatoms. The van der Waals surface area contributed by atoms with Gasteiger partial charge in [0.1, 0.15) is 0 Å². The van der Waals surface area contributed by atoms with E-state index in [1.807, 2.05) is 0 Å². The summed E-state index contributed by atoms with van der Waals surface area (Å²) in [6.07, 6.45) is 0.461. The maximum atomic E-state index is 10.1. The molecular weight excluding hydrogens is 146 g/mol. The third-order valence-electron chi connectivity index (χ3n) is 1.97. The quantitative estimate of drug-likeness (QED) is 0.558. The van der Waals surface area contributed by atoms with Gasteiger partial charge < -0.3 is 15.5 Å². The van der Waals surface area contributed by atoms with Gasteiger partial charge in [0.25, 0.3) is 0 Å². The van der Waals surface area contributed by atoms with Crippen LogP contribution in [0.3, 0.4) is 0 Å². The van der Waals surface area contributed by atoms with Crippen LogP contribution in [0.1, 0.15) is 19.8 Å². The summed E-state index contributed by atoms with van der Waals surface area (Å²) in [6, 6.07) is -0.347. The molecule has 0 spiro atoms. The second kappa shape index (κ2) is 3.09. The topological polar surface area (TPSA) is 69.6 Å². The van der Waals surface area contributed by atoms with Crippen molar-refractivity contribution >= 4 is 6.09 Å². The van der Waals surface area contributed by atoms with E-state index in [-0.39, 0.29) is 6.04 Å². The molecule has 2 unspecified atom stereocenters. The van der Waals surface area contributed by atoms with E-state index in [4.69, 9.17) is 5.11 Å². The number of aliphatic hydroxyl groups excluding tert-OH is 1. The number of hydrogen-bond acceptors (Lipinski definition) is 2. The highest BCUT2D eigenvalue weighted by Gasteiger charge is 2.33. The first-order valence-electron chi connectivity index (χ1n) is 3.79. The summed E-state index contributed by atoms with van der Waals surface area (Å²) in [6.45, 7) is 1.68. The monoisotopic (exact) mass is 159 g/mol. The van der Waals surface area contributed by atoms with Crippen molar-refractivity contribution in [1.29, 1.82) is 0 Å². The maximum absolute atomic E-state index is 10.1. The maximum Gasteiger partial charge on any atom is 0.404 e. The van der Waals surface area contributed by atoms with Crippen LogP contribution in [0, 0.1) is 5.92 Å². The number of rotatable bonds is 3. The van der Waals surface area contributed by atoms with Gasteiger partial charge in [-0.25, -0.2) is 4.79 Å². The fourth-order valence-corrected chi connectivity index (χ4v) is 1.13. The molecule has 1 amide bonds. The van der Waals surface area contributed by atoms with Gasteiger partial charge >= 0.3 is 6.09 Å². The van der Waals surface area contributed by atoms with E-state index in [2.05, 4.69) is 5.32 Å². The second-order valence-corrected chi connectivity index (χ2v) is 3.07. The van der Waals surface area contributed by atoms with Crippen LogP contribution in [-0.4, -0.2) is 28.5 Å². The predicted octanol–water partition coefficient (Wildman–Crippen LogP) is 0.413. The Morgan fingerprint density at radius 3 is 2.55 bits per heavy atom. The molecule has 0 radical (unpaired) electrons. The number of aliphatic hydroxyl groups is 1. The molecule has 1 aliphatic rings. The van der Waals surface area contributed by atoms with Gasteiger partial charge in [0.15, 0.2) is 0 Å². The summed E-state index contributed by atoms with van der Waals surface area (Å²) in [5.41, 5.74) is 0. The van der Waals surface area contributed by atoms with Crippen LogP contribution in [0.4, 0.5) is 4.79 Å². The summed E-state index contributed by atoms with van der Waals surface area (Å²) in [5.74, 6) is 0.317. The van der Waals surface area contributed by atoms with Crippen LogP contribution in [0.15, 0.2) is 0 Å². The van der Waals surface area contributed by atoms with Gasteiger partial charge in [-0.2, -0.15) is 0 Å². The Labute approximate surface area is 65.2 Å². The van der Waals surface area contributed by atoms with Gasteiger partial charge in [0, 0.05) is 0 Å². The van der Waals surface area contributed by atoms with Gasteiger partial charge in [0.05, 0.1) is 12.1 Å². The Bertz CT molecular complexity index is 156. The number of carbonyl (C=O) groups is 1. The molecule has 11 heavy (non-hydrogen) atoms. The fraction of sp³-hybridized carbons (Fsp3) is 0.857. The van der Waals surface area contributed by atoms with Crippen molar-refractivity contribution in [3.05, 3.63) is 0 Å². The molecule has 0 bridgehead atoms. The average molecular weight is 159 g/mol. The molecule has 1 aliphatic carbocycles. The Hall–Kier alpha value is -0.770. The molecule has 1 rings (SSSR count). The lowest BCUT2D eigenvalue weighted by Crippen LogP contribution is -2.41. The van der Waals surface area contributed by atoms with Crippen molar-refractivity contribution in [2.75, 3.05) is 0 Å². The minimum atomic E-state index is -1.07. The zero-order chi connectivity index (χ0) is 8.43. The summed E-state index contributed by atoms with van der Waals surface area (Å²) in [5, 5.41) is 19.9. The average Bonchev–Trinajstić information content (AvgIpc) is 2.65. The number of hydrogen-bond donors (Lipinski definition) is 3. The van der Waals surface area contributed by atoms with Crippen LogP contribution < -0.4 is 5.32 Å². The molecule has 0 aromatic heterocycles. The van der Waals surface area contributed by atoms with E-state index in [0.29, 0.717) is 5.92 Å². The minimum absolute atomic E-state index is 0.317. The lowest BCUT2D eigenvalue weighted by atomic mass is 10.1. The van der Waals surface area contributed by atoms with Gasteiger partial charge in [-0.1, -0.05) is 0 Å². The lowest BCUT2D eigenvalue weighted by Gasteiger charge is -2.17. The number of carboxylic acid groups (broad SMARTS) is 1. The van der Waals surface area contributed by atoms with Crippen molar-refractivity contribution in [1.82, 2.24) is 5.32 Å². The highest BCUT2D eigenvalue weighted by atomic mass is 16.4. The SMILES string of the molecule is CC(NC(=O)O)C(O)C1CC1. The largest absolute Gasteiger partial charge is 0.465 e. The standard InChI is InChI=1S/C7H13NO3/c1-4(8-7(10)11)6(9)5-2-3-5/h4-6,8-9H,2-3H2,1H3,(H,10,11). The molecule has 0 aromatic carbocycles. The highest BCUT2D eigenvalue weighted by Crippen LogP contribution is 2.33. The highest BCUT2D eigenvalue weighted by molar-refractivity contribution is 5.64. The van der Waals surface area contributed by atoms with Crippen molar-refractivity contribution in [2.24, 2.45) is 5.92 Å². The molecule has 4 nitrogen and oxygen atoms in total. The molecule has 0 aliphatic heterocycles. The van der Waals surface area contributed by atoms with E-state index in [1.165, 1.54) is 0 Å².